The van der Waals surface area contributed by atoms with E-state index in [1.165, 1.54) is 18.6 Å². The van der Waals surface area contributed by atoms with E-state index in [0.717, 1.165) is 16.6 Å². The van der Waals surface area contributed by atoms with E-state index in [-0.39, 0.29) is 18.0 Å². The molecule has 36 heavy (non-hydrogen) atoms. The average molecular weight is 527 g/mol. The number of halogens is 1. The van der Waals surface area contributed by atoms with Gasteiger partial charge in [0, 0.05) is 64.0 Å². The van der Waals surface area contributed by atoms with Crippen LogP contribution >= 0.6 is 11.6 Å². The highest BCUT2D eigenvalue weighted by Gasteiger charge is 2.22. The molecule has 1 amide bonds. The Hall–Kier alpha value is -3.63. The van der Waals surface area contributed by atoms with Gasteiger partial charge in [-0.2, -0.15) is 0 Å². The second kappa shape index (κ2) is 10.2. The van der Waals surface area contributed by atoms with Crippen LogP contribution in [0.3, 0.4) is 0 Å². The molecule has 0 unspecified atom stereocenters. The van der Waals surface area contributed by atoms with Crippen LogP contribution in [0.4, 0.5) is 11.5 Å². The van der Waals surface area contributed by atoms with Crippen molar-refractivity contribution in [3.05, 3.63) is 78.3 Å². The molecule has 1 N–H and O–H groups in total. The molecule has 2 aromatic carbocycles. The fourth-order valence-electron chi connectivity index (χ4n) is 4.37. The number of carbonyl (C=O) groups is 1. The van der Waals surface area contributed by atoms with Crippen molar-refractivity contribution in [1.29, 1.82) is 0 Å². The molecule has 0 atom stereocenters. The normalized spacial score (nSPS) is 14.2. The van der Waals surface area contributed by atoms with Gasteiger partial charge in [0.2, 0.25) is 5.91 Å². The summed E-state index contributed by atoms with van der Waals surface area (Å²) in [5.74, 6) is 0.323. The van der Waals surface area contributed by atoms with Crippen molar-refractivity contribution >= 4 is 49.9 Å². The largest absolute Gasteiger partial charge is 0.368 e. The topological polar surface area (TPSA) is 100 Å². The van der Waals surface area contributed by atoms with Crippen LogP contribution in [0.5, 0.6) is 0 Å². The smallest absolute Gasteiger partial charge is 0.263 e. The van der Waals surface area contributed by atoms with E-state index in [4.69, 9.17) is 11.6 Å². The summed E-state index contributed by atoms with van der Waals surface area (Å²) in [5, 5.41) is 1.74. The number of para-hydroxylation sites is 1. The molecule has 11 heteroatoms. The number of benzene rings is 2. The standard InChI is InChI=1S/C25H25ClN6O3S.H2/c26-22-3-1-2-19-9-12-32(25(19)22)13-10-24(33)31-16-14-30(15-17-31)20-4-6-21(7-5-20)36(34,35)29-23-8-11-27-18-28-23;/h1-9,11-12,18H,10,13-17H2,(H,27,28,29);1H. The fraction of sp³-hybridized carbons (Fsp3) is 0.240. The highest BCUT2D eigenvalue weighted by Crippen LogP contribution is 2.25. The lowest BCUT2D eigenvalue weighted by Crippen LogP contribution is -2.49. The first-order valence-electron chi connectivity index (χ1n) is 11.6. The van der Waals surface area contributed by atoms with E-state index in [1.807, 2.05) is 39.9 Å². The number of hydrogen-bond acceptors (Lipinski definition) is 6. The van der Waals surface area contributed by atoms with E-state index in [0.29, 0.717) is 44.2 Å². The molecule has 5 rings (SSSR count). The van der Waals surface area contributed by atoms with Gasteiger partial charge >= 0.3 is 0 Å². The predicted molar refractivity (Wildman–Crippen MR) is 142 cm³/mol. The monoisotopic (exact) mass is 526 g/mol. The van der Waals surface area contributed by atoms with Crippen molar-refractivity contribution in [2.75, 3.05) is 35.8 Å². The Morgan fingerprint density at radius 3 is 2.53 bits per heavy atom. The highest BCUT2D eigenvalue weighted by molar-refractivity contribution is 7.92. The molecule has 2 aromatic heterocycles. The maximum Gasteiger partial charge on any atom is 0.263 e. The molecule has 1 aliphatic rings. The van der Waals surface area contributed by atoms with Crippen LogP contribution in [0.1, 0.15) is 7.85 Å². The van der Waals surface area contributed by atoms with Gasteiger partial charge in [-0.05, 0) is 42.5 Å². The van der Waals surface area contributed by atoms with Gasteiger partial charge in [0.05, 0.1) is 15.4 Å². The minimum absolute atomic E-state index is 0. The molecule has 9 nitrogen and oxygen atoms in total. The first kappa shape index (κ1) is 24.1. The molecule has 0 bridgehead atoms. The van der Waals surface area contributed by atoms with E-state index < -0.39 is 10.0 Å². The molecule has 1 fully saturated rings. The first-order chi connectivity index (χ1) is 17.4. The Labute approximate surface area is 215 Å². The molecular weight excluding hydrogens is 500 g/mol. The lowest BCUT2D eigenvalue weighted by atomic mass is 10.2. The molecule has 4 aromatic rings. The molecule has 188 valence electrons. The summed E-state index contributed by atoms with van der Waals surface area (Å²) in [7, 11) is -3.74. The summed E-state index contributed by atoms with van der Waals surface area (Å²) in [6.45, 7) is 3.15. The SMILES string of the molecule is O=C(CCn1ccc2cccc(Cl)c21)N1CCN(c2ccc(S(=O)(=O)Nc3ccncn3)cc2)CC1.[HH]. The number of fused-ring (bicyclic) bond motifs is 1. The number of carbonyl (C=O) groups excluding carboxylic acids is 1. The van der Waals surface area contributed by atoms with Crippen LogP contribution < -0.4 is 9.62 Å². The summed E-state index contributed by atoms with van der Waals surface area (Å²) < 4.78 is 29.7. The van der Waals surface area contributed by atoms with Crippen LogP contribution in [0.15, 0.2) is 78.2 Å². The Morgan fingerprint density at radius 2 is 1.81 bits per heavy atom. The molecule has 0 saturated carbocycles. The fourth-order valence-corrected chi connectivity index (χ4v) is 5.67. The third-order valence-electron chi connectivity index (χ3n) is 6.27. The Bertz CT molecular complexity index is 1470. The number of aromatic nitrogens is 3. The van der Waals surface area contributed by atoms with E-state index in [1.54, 1.807) is 24.3 Å². The maximum absolute atomic E-state index is 12.8. The number of rotatable bonds is 7. The summed E-state index contributed by atoms with van der Waals surface area (Å²) in [6.07, 6.45) is 5.12. The number of piperazine rings is 1. The third-order valence-corrected chi connectivity index (χ3v) is 7.95. The predicted octanol–water partition coefficient (Wildman–Crippen LogP) is 3.87. The van der Waals surface area contributed by atoms with Crippen LogP contribution in [0.2, 0.25) is 5.02 Å². The third kappa shape index (κ3) is 5.14. The molecule has 1 aliphatic heterocycles. The molecular formula is C25H27ClN6O3S. The zero-order chi connectivity index (χ0) is 25.1. The van der Waals surface area contributed by atoms with Gasteiger partial charge in [0.25, 0.3) is 10.0 Å². The second-order valence-corrected chi connectivity index (χ2v) is 10.6. The quantitative estimate of drug-likeness (QED) is 0.392. The number of sulfonamides is 1. The summed E-state index contributed by atoms with van der Waals surface area (Å²) in [6, 6.07) is 16.0. The van der Waals surface area contributed by atoms with Crippen LogP contribution in [-0.4, -0.2) is 59.9 Å². The van der Waals surface area contributed by atoms with Gasteiger partial charge in [-0.25, -0.2) is 18.4 Å². The van der Waals surface area contributed by atoms with Crippen molar-refractivity contribution in [3.63, 3.8) is 0 Å². The molecule has 0 aliphatic carbocycles. The zero-order valence-electron chi connectivity index (χ0n) is 19.4. The number of anilines is 2. The van der Waals surface area contributed by atoms with Gasteiger partial charge in [-0.15, -0.1) is 0 Å². The number of nitrogens with zero attached hydrogens (tertiary/aromatic N) is 5. The highest BCUT2D eigenvalue weighted by atomic mass is 35.5. The van der Waals surface area contributed by atoms with Crippen molar-refractivity contribution < 1.29 is 14.6 Å². The van der Waals surface area contributed by atoms with Crippen molar-refractivity contribution in [1.82, 2.24) is 19.4 Å². The van der Waals surface area contributed by atoms with Crippen LogP contribution in [0.25, 0.3) is 10.9 Å². The van der Waals surface area contributed by atoms with Gasteiger partial charge < -0.3 is 14.4 Å². The number of hydrogen-bond donors (Lipinski definition) is 1. The van der Waals surface area contributed by atoms with Crippen molar-refractivity contribution in [2.24, 2.45) is 0 Å². The van der Waals surface area contributed by atoms with Gasteiger partial charge in [0.15, 0.2) is 0 Å². The Morgan fingerprint density at radius 1 is 1.03 bits per heavy atom. The van der Waals surface area contributed by atoms with Gasteiger partial charge in [-0.1, -0.05) is 23.7 Å². The van der Waals surface area contributed by atoms with Gasteiger partial charge in [0.1, 0.15) is 12.1 Å². The number of aryl methyl sites for hydroxylation is 1. The number of amides is 1. The lowest BCUT2D eigenvalue weighted by molar-refractivity contribution is -0.131. The van der Waals surface area contributed by atoms with Crippen molar-refractivity contribution in [2.45, 2.75) is 17.9 Å². The van der Waals surface area contributed by atoms with Crippen LogP contribution in [-0.2, 0) is 21.4 Å². The van der Waals surface area contributed by atoms with E-state index >= 15 is 0 Å². The zero-order valence-corrected chi connectivity index (χ0v) is 21.0. The van der Waals surface area contributed by atoms with Gasteiger partial charge in [-0.3, -0.25) is 9.52 Å². The average Bonchev–Trinajstić information content (AvgIpc) is 3.32. The molecule has 0 spiro atoms. The second-order valence-electron chi connectivity index (χ2n) is 8.50. The maximum atomic E-state index is 12.8. The van der Waals surface area contributed by atoms with Crippen LogP contribution in [0, 0.1) is 0 Å². The minimum atomic E-state index is -3.74. The first-order valence-corrected chi connectivity index (χ1v) is 13.4. The summed E-state index contributed by atoms with van der Waals surface area (Å²) >= 11 is 6.35. The molecule has 0 radical (unpaired) electrons. The Kier molecular flexibility index (Phi) is 6.80. The number of nitrogens with one attached hydrogen (secondary N) is 1. The molecule has 1 saturated heterocycles. The molecule has 3 heterocycles. The summed E-state index contributed by atoms with van der Waals surface area (Å²) in [5.41, 5.74) is 1.87. The summed E-state index contributed by atoms with van der Waals surface area (Å²) in [4.78, 5) is 24.7. The van der Waals surface area contributed by atoms with E-state index in [2.05, 4.69) is 19.6 Å². The Balaban J connectivity index is 0.00000320. The van der Waals surface area contributed by atoms with E-state index in [9.17, 15) is 13.2 Å². The minimum Gasteiger partial charge on any atom is -0.368 e. The lowest BCUT2D eigenvalue weighted by Gasteiger charge is -2.36. The van der Waals surface area contributed by atoms with Crippen molar-refractivity contribution in [3.8, 4) is 0 Å².